The van der Waals surface area contributed by atoms with Gasteiger partial charge in [0, 0.05) is 0 Å². The van der Waals surface area contributed by atoms with Crippen molar-refractivity contribution in [2.24, 2.45) is 0 Å². The summed E-state index contributed by atoms with van der Waals surface area (Å²) in [6.07, 6.45) is 1.04. The van der Waals surface area contributed by atoms with Crippen LogP contribution >= 0.6 is 0 Å². The maximum atomic E-state index is 13.2. The van der Waals surface area contributed by atoms with Crippen LogP contribution in [0.25, 0.3) is 5.69 Å². The Morgan fingerprint density at radius 3 is 2.43 bits per heavy atom. The first-order valence-electron chi connectivity index (χ1n) is 3.94. The van der Waals surface area contributed by atoms with Crippen molar-refractivity contribution >= 4 is 5.82 Å². The predicted molar refractivity (Wildman–Crippen MR) is 47.9 cm³/mol. The third kappa shape index (κ3) is 1.32. The second-order valence-corrected chi connectivity index (χ2v) is 2.76. The molecule has 0 amide bonds. The van der Waals surface area contributed by atoms with Gasteiger partial charge in [-0.1, -0.05) is 12.1 Å². The van der Waals surface area contributed by atoms with E-state index in [2.05, 4.69) is 5.10 Å². The van der Waals surface area contributed by atoms with Crippen molar-refractivity contribution in [1.82, 2.24) is 9.78 Å². The van der Waals surface area contributed by atoms with Crippen molar-refractivity contribution in [2.45, 2.75) is 0 Å². The second-order valence-electron chi connectivity index (χ2n) is 2.76. The SMILES string of the molecule is Nc1nn(-c2ccccc2F)cc1F. The van der Waals surface area contributed by atoms with E-state index in [9.17, 15) is 8.78 Å². The minimum atomic E-state index is -0.659. The third-order valence-corrected chi connectivity index (χ3v) is 1.80. The summed E-state index contributed by atoms with van der Waals surface area (Å²) >= 11 is 0. The van der Waals surface area contributed by atoms with Crippen molar-refractivity contribution in [1.29, 1.82) is 0 Å². The lowest BCUT2D eigenvalue weighted by Gasteiger charge is -2.00. The maximum absolute atomic E-state index is 13.2. The monoisotopic (exact) mass is 195 g/mol. The number of nitrogens with zero attached hydrogens (tertiary/aromatic N) is 2. The highest BCUT2D eigenvalue weighted by Crippen LogP contribution is 2.14. The van der Waals surface area contributed by atoms with Crippen LogP contribution in [0.1, 0.15) is 0 Å². The highest BCUT2D eigenvalue weighted by molar-refractivity contribution is 5.36. The average molecular weight is 195 g/mol. The largest absolute Gasteiger partial charge is 0.380 e. The molecule has 0 aliphatic carbocycles. The molecule has 1 aromatic carbocycles. The number of halogens is 2. The van der Waals surface area contributed by atoms with Crippen LogP contribution in [0.4, 0.5) is 14.6 Å². The Kier molecular flexibility index (Phi) is 1.92. The van der Waals surface area contributed by atoms with Gasteiger partial charge in [-0.25, -0.2) is 13.5 Å². The van der Waals surface area contributed by atoms with E-state index in [-0.39, 0.29) is 11.5 Å². The highest BCUT2D eigenvalue weighted by Gasteiger charge is 2.08. The Balaban J connectivity index is 2.55. The smallest absolute Gasteiger partial charge is 0.185 e. The molecular formula is C9H7F2N3. The molecule has 0 unspecified atom stereocenters. The van der Waals surface area contributed by atoms with Gasteiger partial charge in [-0.2, -0.15) is 0 Å². The number of nitrogen functional groups attached to an aromatic ring is 1. The Labute approximate surface area is 78.8 Å². The molecule has 0 fully saturated rings. The Bertz CT molecular complexity index is 445. The van der Waals surface area contributed by atoms with E-state index in [4.69, 9.17) is 5.73 Å². The van der Waals surface area contributed by atoms with Gasteiger partial charge >= 0.3 is 0 Å². The molecule has 2 N–H and O–H groups in total. The summed E-state index contributed by atoms with van der Waals surface area (Å²) in [5.41, 5.74) is 5.37. The average Bonchev–Trinajstić information content (AvgIpc) is 2.48. The standard InChI is InChI=1S/C9H7F2N3/c10-6-3-1-2-4-8(6)14-5-7(11)9(12)13-14/h1-5H,(H2,12,13). The fraction of sp³-hybridized carbons (Fsp3) is 0. The van der Waals surface area contributed by atoms with Crippen LogP contribution in [0.15, 0.2) is 30.5 Å². The van der Waals surface area contributed by atoms with E-state index < -0.39 is 11.6 Å². The third-order valence-electron chi connectivity index (χ3n) is 1.80. The van der Waals surface area contributed by atoms with E-state index in [0.29, 0.717) is 0 Å². The van der Waals surface area contributed by atoms with Crippen LogP contribution in [-0.4, -0.2) is 9.78 Å². The molecule has 1 aromatic heterocycles. The van der Waals surface area contributed by atoms with E-state index >= 15 is 0 Å². The van der Waals surface area contributed by atoms with Crippen LogP contribution < -0.4 is 5.73 Å². The molecule has 0 spiro atoms. The molecule has 0 radical (unpaired) electrons. The molecule has 0 atom stereocenters. The molecular weight excluding hydrogens is 188 g/mol. The van der Waals surface area contributed by atoms with Crippen LogP contribution in [0, 0.1) is 11.6 Å². The van der Waals surface area contributed by atoms with Crippen molar-refractivity contribution in [2.75, 3.05) is 5.73 Å². The first-order chi connectivity index (χ1) is 6.68. The molecule has 1 heterocycles. The maximum Gasteiger partial charge on any atom is 0.185 e. The highest BCUT2D eigenvalue weighted by atomic mass is 19.1. The lowest BCUT2D eigenvalue weighted by molar-refractivity contribution is 0.607. The molecule has 0 aliphatic heterocycles. The van der Waals surface area contributed by atoms with Gasteiger partial charge in [0.1, 0.15) is 11.5 Å². The molecule has 0 saturated carbocycles. The van der Waals surface area contributed by atoms with E-state index in [1.54, 1.807) is 12.1 Å². The number of nitrogens with two attached hydrogens (primary N) is 1. The minimum absolute atomic E-state index is 0.170. The topological polar surface area (TPSA) is 43.8 Å². The van der Waals surface area contributed by atoms with E-state index in [0.717, 1.165) is 10.9 Å². The summed E-state index contributed by atoms with van der Waals surface area (Å²) in [5, 5.41) is 3.62. The number of hydrogen-bond donors (Lipinski definition) is 1. The quantitative estimate of drug-likeness (QED) is 0.753. The van der Waals surface area contributed by atoms with Crippen LogP contribution in [0.2, 0.25) is 0 Å². The molecule has 5 heteroatoms. The summed E-state index contributed by atoms with van der Waals surface area (Å²) in [7, 11) is 0. The molecule has 0 saturated heterocycles. The predicted octanol–water partition coefficient (Wildman–Crippen LogP) is 1.73. The molecule has 14 heavy (non-hydrogen) atoms. The zero-order valence-corrected chi connectivity index (χ0v) is 7.11. The summed E-state index contributed by atoms with van der Waals surface area (Å²) in [6.45, 7) is 0. The number of para-hydroxylation sites is 1. The van der Waals surface area contributed by atoms with Crippen molar-refractivity contribution in [3.63, 3.8) is 0 Å². The number of anilines is 1. The number of aromatic nitrogens is 2. The van der Waals surface area contributed by atoms with Crippen molar-refractivity contribution in [3.05, 3.63) is 42.1 Å². The Morgan fingerprint density at radius 1 is 1.14 bits per heavy atom. The van der Waals surface area contributed by atoms with Gasteiger partial charge in [-0.15, -0.1) is 5.10 Å². The first-order valence-corrected chi connectivity index (χ1v) is 3.94. The second kappa shape index (κ2) is 3.10. The molecule has 72 valence electrons. The van der Waals surface area contributed by atoms with Gasteiger partial charge in [0.25, 0.3) is 0 Å². The summed E-state index contributed by atoms with van der Waals surface area (Å²) < 4.78 is 27.1. The molecule has 0 aliphatic rings. The van der Waals surface area contributed by atoms with Gasteiger partial charge in [0.15, 0.2) is 11.6 Å². The van der Waals surface area contributed by atoms with Crippen LogP contribution in [0.3, 0.4) is 0 Å². The number of benzene rings is 1. The van der Waals surface area contributed by atoms with Gasteiger partial charge in [0.05, 0.1) is 6.20 Å². The Hall–Kier alpha value is -1.91. The zero-order valence-electron chi connectivity index (χ0n) is 7.11. The zero-order chi connectivity index (χ0) is 10.1. The van der Waals surface area contributed by atoms with Gasteiger partial charge in [-0.3, -0.25) is 0 Å². The molecule has 3 nitrogen and oxygen atoms in total. The van der Waals surface area contributed by atoms with E-state index in [1.807, 2.05) is 0 Å². The minimum Gasteiger partial charge on any atom is -0.380 e. The summed E-state index contributed by atoms with van der Waals surface area (Å²) in [4.78, 5) is 0. The Morgan fingerprint density at radius 2 is 1.86 bits per heavy atom. The van der Waals surface area contributed by atoms with Crippen LogP contribution in [-0.2, 0) is 0 Å². The fourth-order valence-corrected chi connectivity index (χ4v) is 1.13. The lowest BCUT2D eigenvalue weighted by Crippen LogP contribution is -1.98. The molecule has 2 rings (SSSR count). The number of rotatable bonds is 1. The first kappa shape index (κ1) is 8.68. The van der Waals surface area contributed by atoms with E-state index in [1.165, 1.54) is 12.1 Å². The lowest BCUT2D eigenvalue weighted by atomic mass is 10.3. The summed E-state index contributed by atoms with van der Waals surface area (Å²) in [6, 6.07) is 5.93. The number of hydrogen-bond acceptors (Lipinski definition) is 2. The van der Waals surface area contributed by atoms with Crippen molar-refractivity contribution < 1.29 is 8.78 Å². The van der Waals surface area contributed by atoms with Gasteiger partial charge in [-0.05, 0) is 12.1 Å². The fourth-order valence-electron chi connectivity index (χ4n) is 1.13. The van der Waals surface area contributed by atoms with Crippen molar-refractivity contribution in [3.8, 4) is 5.69 Å². The van der Waals surface area contributed by atoms with Gasteiger partial charge in [0.2, 0.25) is 0 Å². The molecule has 0 bridgehead atoms. The van der Waals surface area contributed by atoms with Crippen LogP contribution in [0.5, 0.6) is 0 Å². The van der Waals surface area contributed by atoms with Gasteiger partial charge < -0.3 is 5.73 Å². The molecule has 2 aromatic rings. The normalized spacial score (nSPS) is 10.4. The summed E-state index contributed by atoms with van der Waals surface area (Å²) in [5.74, 6) is -1.38.